The van der Waals surface area contributed by atoms with Crippen molar-refractivity contribution >= 4 is 29.0 Å². The third kappa shape index (κ3) is 3.70. The van der Waals surface area contributed by atoms with Crippen molar-refractivity contribution in [2.24, 2.45) is 5.92 Å². The molecule has 0 aromatic carbocycles. The first-order chi connectivity index (χ1) is 7.50. The van der Waals surface area contributed by atoms with Gasteiger partial charge in [0.25, 0.3) is 0 Å². The van der Waals surface area contributed by atoms with Crippen molar-refractivity contribution in [3.8, 4) is 0 Å². The number of hydrogen-bond acceptors (Lipinski definition) is 4. The number of rotatable bonds is 5. The van der Waals surface area contributed by atoms with Gasteiger partial charge in [-0.3, -0.25) is 9.59 Å². The average Bonchev–Trinajstić information content (AvgIpc) is 2.66. The second-order valence-electron chi connectivity index (χ2n) is 3.78. The van der Waals surface area contributed by atoms with Gasteiger partial charge in [0.15, 0.2) is 10.8 Å². The van der Waals surface area contributed by atoms with Crippen molar-refractivity contribution in [2.75, 3.05) is 0 Å². The lowest BCUT2D eigenvalue weighted by Crippen LogP contribution is -2.03. The summed E-state index contributed by atoms with van der Waals surface area (Å²) in [5.41, 5.74) is 0.783. The molecule has 1 rings (SSSR count). The summed E-state index contributed by atoms with van der Waals surface area (Å²) in [5.74, 6) is 0.219. The molecule has 0 spiro atoms. The summed E-state index contributed by atoms with van der Waals surface area (Å²) in [6, 6.07) is 0. The van der Waals surface area contributed by atoms with E-state index in [2.05, 4.69) is 4.98 Å². The number of carbonyl (C=O) groups excluding carboxylic acids is 2. The Morgan fingerprint density at radius 3 is 2.69 bits per heavy atom. The van der Waals surface area contributed by atoms with Crippen LogP contribution in [0.1, 0.15) is 42.7 Å². The van der Waals surface area contributed by atoms with Crippen LogP contribution in [0, 0.1) is 5.92 Å². The van der Waals surface area contributed by atoms with Gasteiger partial charge in [0.1, 0.15) is 5.78 Å². The molecular formula is C12H15NO2S. The van der Waals surface area contributed by atoms with Gasteiger partial charge in [0.2, 0.25) is 0 Å². The monoisotopic (exact) mass is 237 g/mol. The maximum atomic E-state index is 11.0. The Bertz CT molecular complexity index is 420. The van der Waals surface area contributed by atoms with E-state index in [1.54, 1.807) is 6.92 Å². The Morgan fingerprint density at radius 1 is 1.50 bits per heavy atom. The molecule has 0 aliphatic carbocycles. The van der Waals surface area contributed by atoms with Crippen molar-refractivity contribution in [1.82, 2.24) is 4.98 Å². The lowest BCUT2D eigenvalue weighted by molar-refractivity contribution is -0.120. The number of nitrogens with zero attached hydrogens (tertiary/aromatic N) is 1. The summed E-state index contributed by atoms with van der Waals surface area (Å²) >= 11 is 1.34. The minimum atomic E-state index is -0.0123. The van der Waals surface area contributed by atoms with Crippen molar-refractivity contribution in [3.05, 3.63) is 22.2 Å². The minimum absolute atomic E-state index is 0.0123. The van der Waals surface area contributed by atoms with Gasteiger partial charge < -0.3 is 0 Å². The number of carbonyl (C=O) groups is 2. The molecule has 4 heteroatoms. The first-order valence-corrected chi connectivity index (χ1v) is 6.02. The fourth-order valence-electron chi connectivity index (χ4n) is 1.08. The number of aromatic nitrogens is 1. The molecule has 0 bridgehead atoms. The molecule has 86 valence electrons. The van der Waals surface area contributed by atoms with Gasteiger partial charge >= 0.3 is 0 Å². The number of allylic oxidation sites excluding steroid dienone is 1. The van der Waals surface area contributed by atoms with Crippen LogP contribution in [-0.4, -0.2) is 16.6 Å². The molecule has 3 nitrogen and oxygen atoms in total. The Kier molecular flexibility index (Phi) is 4.55. The summed E-state index contributed by atoms with van der Waals surface area (Å²) in [7, 11) is 0. The first-order valence-electron chi connectivity index (χ1n) is 5.14. The summed E-state index contributed by atoms with van der Waals surface area (Å²) in [5, 5.41) is 2.37. The smallest absolute Gasteiger partial charge is 0.188 e. The van der Waals surface area contributed by atoms with E-state index in [-0.39, 0.29) is 17.5 Å². The topological polar surface area (TPSA) is 47.0 Å². The zero-order valence-electron chi connectivity index (χ0n) is 9.69. The second kappa shape index (κ2) is 5.70. The van der Waals surface area contributed by atoms with E-state index in [0.717, 1.165) is 5.69 Å². The third-order valence-corrected chi connectivity index (χ3v) is 3.26. The fraction of sp³-hybridized carbons (Fsp3) is 0.417. The van der Waals surface area contributed by atoms with E-state index in [4.69, 9.17) is 0 Å². The molecule has 0 aliphatic rings. The van der Waals surface area contributed by atoms with Crippen molar-refractivity contribution in [2.45, 2.75) is 27.2 Å². The molecule has 1 aromatic heterocycles. The van der Waals surface area contributed by atoms with Crippen LogP contribution in [0.4, 0.5) is 0 Å². The van der Waals surface area contributed by atoms with Crippen molar-refractivity contribution in [1.29, 1.82) is 0 Å². The number of thiazole rings is 1. The number of Topliss-reactive ketones (excluding diaryl/α,β-unsaturated/α-hetero) is 2. The van der Waals surface area contributed by atoms with Gasteiger partial charge in [0.05, 0.1) is 5.69 Å². The molecule has 0 radical (unpaired) electrons. The van der Waals surface area contributed by atoms with E-state index < -0.39 is 0 Å². The predicted octanol–water partition coefficient (Wildman–Crippen LogP) is 2.97. The molecule has 1 atom stereocenters. The summed E-state index contributed by atoms with van der Waals surface area (Å²) < 4.78 is 0. The van der Waals surface area contributed by atoms with E-state index in [1.807, 2.05) is 24.5 Å². The van der Waals surface area contributed by atoms with E-state index >= 15 is 0 Å². The van der Waals surface area contributed by atoms with Crippen LogP contribution in [0.5, 0.6) is 0 Å². The van der Waals surface area contributed by atoms with Crippen LogP contribution < -0.4 is 0 Å². The van der Waals surface area contributed by atoms with E-state index in [9.17, 15) is 9.59 Å². The van der Waals surface area contributed by atoms with Crippen molar-refractivity contribution < 1.29 is 9.59 Å². The lowest BCUT2D eigenvalue weighted by atomic mass is 10.0. The van der Waals surface area contributed by atoms with Gasteiger partial charge in [0, 0.05) is 18.2 Å². The van der Waals surface area contributed by atoms with Crippen LogP contribution in [-0.2, 0) is 4.79 Å². The fourth-order valence-corrected chi connectivity index (χ4v) is 1.77. The Labute approximate surface area is 99.2 Å². The molecule has 0 aliphatic heterocycles. The molecule has 0 saturated carbocycles. The Hall–Kier alpha value is -1.29. The van der Waals surface area contributed by atoms with E-state index in [1.165, 1.54) is 18.3 Å². The highest BCUT2D eigenvalue weighted by molar-refractivity contribution is 7.11. The van der Waals surface area contributed by atoms with Gasteiger partial charge in [-0.1, -0.05) is 13.0 Å². The predicted molar refractivity (Wildman–Crippen MR) is 65.6 cm³/mol. The summed E-state index contributed by atoms with van der Waals surface area (Å²) in [6.07, 6.45) is 4.48. The zero-order valence-corrected chi connectivity index (χ0v) is 10.5. The third-order valence-electron chi connectivity index (χ3n) is 2.30. The summed E-state index contributed by atoms with van der Waals surface area (Å²) in [6.45, 7) is 4.99. The van der Waals surface area contributed by atoms with Gasteiger partial charge in [-0.15, -0.1) is 11.3 Å². The maximum Gasteiger partial charge on any atom is 0.188 e. The van der Waals surface area contributed by atoms with Crippen LogP contribution >= 0.6 is 11.3 Å². The highest BCUT2D eigenvalue weighted by Crippen LogP contribution is 2.13. The van der Waals surface area contributed by atoms with Crippen molar-refractivity contribution in [3.63, 3.8) is 0 Å². The molecule has 1 unspecified atom stereocenters. The molecule has 0 amide bonds. The molecule has 1 heterocycles. The molecule has 0 N–H and O–H groups in total. The highest BCUT2D eigenvalue weighted by Gasteiger charge is 2.05. The summed E-state index contributed by atoms with van der Waals surface area (Å²) in [4.78, 5) is 26.1. The van der Waals surface area contributed by atoms with Gasteiger partial charge in [-0.05, 0) is 19.4 Å². The van der Waals surface area contributed by atoms with Crippen LogP contribution in [0.25, 0.3) is 6.08 Å². The second-order valence-corrected chi connectivity index (χ2v) is 4.64. The van der Waals surface area contributed by atoms with Gasteiger partial charge in [-0.2, -0.15) is 0 Å². The normalized spacial score (nSPS) is 12.9. The van der Waals surface area contributed by atoms with Crippen LogP contribution in [0.2, 0.25) is 0 Å². The quantitative estimate of drug-likeness (QED) is 0.740. The number of ketones is 2. The van der Waals surface area contributed by atoms with Crippen LogP contribution in [0.15, 0.2) is 11.5 Å². The van der Waals surface area contributed by atoms with E-state index in [0.29, 0.717) is 11.4 Å². The minimum Gasteiger partial charge on any atom is -0.300 e. The average molecular weight is 237 g/mol. The molecule has 0 saturated heterocycles. The SMILES string of the molecule is CC(=O)c1nc(/C=C/CC(C)C(C)=O)cs1. The molecular weight excluding hydrogens is 222 g/mol. The standard InChI is InChI=1S/C12H15NO2S/c1-8(9(2)14)5-4-6-11-7-16-12(13-11)10(3)15/h4,6-8H,5H2,1-3H3/b6-4+. The first kappa shape index (κ1) is 12.8. The Balaban J connectivity index is 2.56. The largest absolute Gasteiger partial charge is 0.300 e. The lowest BCUT2D eigenvalue weighted by Gasteiger charge is -2.00. The molecule has 0 fully saturated rings. The zero-order chi connectivity index (χ0) is 12.1. The van der Waals surface area contributed by atoms with Gasteiger partial charge in [-0.25, -0.2) is 4.98 Å². The van der Waals surface area contributed by atoms with Crippen LogP contribution in [0.3, 0.4) is 0 Å². The molecule has 1 aromatic rings. The maximum absolute atomic E-state index is 11.0. The Morgan fingerprint density at radius 2 is 2.19 bits per heavy atom. The highest BCUT2D eigenvalue weighted by atomic mass is 32.1. The number of hydrogen-bond donors (Lipinski definition) is 0. The molecule has 16 heavy (non-hydrogen) atoms.